The maximum Gasteiger partial charge on any atom is 0.328 e. The number of nitrogens with zero attached hydrogens (tertiary/aromatic N) is 1. The number of carbonyl (C=O) groups is 3. The molecule has 0 spiro atoms. The number of carbonyl (C=O) groups excluding carboxylic acids is 3. The molecule has 0 saturated carbocycles. The number of aryl methyl sites for hydroxylation is 3. The summed E-state index contributed by atoms with van der Waals surface area (Å²) < 4.78 is 2.16. The van der Waals surface area contributed by atoms with Gasteiger partial charge in [-0.3, -0.25) is 19.8 Å². The predicted molar refractivity (Wildman–Crippen MR) is 138 cm³/mol. The Bertz CT molecular complexity index is 1400. The number of amides is 3. The van der Waals surface area contributed by atoms with E-state index < -0.39 is 17.7 Å². The number of fused-ring (bicyclic) bond motifs is 1. The second-order valence-corrected chi connectivity index (χ2v) is 8.97. The number of aromatic nitrogens is 1. The number of nitrogens with one attached hydrogen (secondary N) is 3. The highest BCUT2D eigenvalue weighted by Gasteiger charge is 2.22. The van der Waals surface area contributed by atoms with Gasteiger partial charge in [-0.25, -0.2) is 4.68 Å². The van der Waals surface area contributed by atoms with Gasteiger partial charge in [-0.2, -0.15) is 0 Å². The van der Waals surface area contributed by atoms with Crippen molar-refractivity contribution in [3.8, 4) is 0 Å². The van der Waals surface area contributed by atoms with Crippen LogP contribution in [0.15, 0.2) is 71.2 Å². The molecule has 3 N–H and O–H groups in total. The van der Waals surface area contributed by atoms with Crippen LogP contribution in [0.1, 0.15) is 27.2 Å². The van der Waals surface area contributed by atoms with Crippen molar-refractivity contribution in [3.05, 3.63) is 93.6 Å². The van der Waals surface area contributed by atoms with Crippen molar-refractivity contribution in [3.63, 3.8) is 0 Å². The van der Waals surface area contributed by atoms with Gasteiger partial charge in [0.05, 0.1) is 5.52 Å². The van der Waals surface area contributed by atoms with Crippen LogP contribution < -0.4 is 16.1 Å². The lowest BCUT2D eigenvalue weighted by molar-refractivity contribution is -0.133. The molecular weight excluding hydrogens is 496 g/mol. The Hall–Kier alpha value is -3.91. The van der Waals surface area contributed by atoms with Crippen molar-refractivity contribution < 1.29 is 14.4 Å². The lowest BCUT2D eigenvalue weighted by Crippen LogP contribution is -2.36. The second-order valence-electron chi connectivity index (χ2n) is 8.05. The molecule has 0 radical (unpaired) electrons. The van der Waals surface area contributed by atoms with Gasteiger partial charge < -0.3 is 10.6 Å². The molecule has 0 bridgehead atoms. The van der Waals surface area contributed by atoms with E-state index in [9.17, 15) is 14.4 Å². The fraction of sp³-hybridized carbons (Fsp3) is 0.115. The third kappa shape index (κ3) is 4.87. The number of halogens is 1. The first-order valence-electron chi connectivity index (χ1n) is 10.6. The van der Waals surface area contributed by atoms with E-state index in [1.165, 1.54) is 4.68 Å². The molecule has 172 valence electrons. The van der Waals surface area contributed by atoms with Gasteiger partial charge in [0.1, 0.15) is 5.69 Å². The number of benzene rings is 3. The number of hydrogen-bond donors (Lipinski definition) is 3. The summed E-state index contributed by atoms with van der Waals surface area (Å²) >= 11 is 3.43. The van der Waals surface area contributed by atoms with Gasteiger partial charge in [0.2, 0.25) is 0 Å². The summed E-state index contributed by atoms with van der Waals surface area (Å²) in [6, 6.07) is 19.9. The average molecular weight is 519 g/mol. The van der Waals surface area contributed by atoms with Crippen LogP contribution in [0.25, 0.3) is 10.9 Å². The third-order valence-corrected chi connectivity index (χ3v) is 5.94. The first-order valence-corrected chi connectivity index (χ1v) is 11.4. The summed E-state index contributed by atoms with van der Waals surface area (Å²) in [7, 11) is 0. The van der Waals surface area contributed by atoms with Crippen LogP contribution in [-0.4, -0.2) is 22.4 Å². The highest BCUT2D eigenvalue weighted by atomic mass is 79.9. The standard InChI is InChI=1S/C26H23BrN4O3/c1-15-7-10-20(11-8-15)28-25(33)26(34)30-31-21-12-9-19(27)13-18(21)14-22(31)24(32)29-23-16(2)5-4-6-17(23)3/h4-14H,1-3H3,(H,28,33)(H,29,32)(H,30,34). The Labute approximate surface area is 205 Å². The van der Waals surface area contributed by atoms with Gasteiger partial charge in [0.25, 0.3) is 5.91 Å². The largest absolute Gasteiger partial charge is 0.328 e. The first kappa shape index (κ1) is 23.3. The highest BCUT2D eigenvalue weighted by molar-refractivity contribution is 9.10. The zero-order valence-electron chi connectivity index (χ0n) is 18.9. The summed E-state index contributed by atoms with van der Waals surface area (Å²) in [6.07, 6.45) is 0. The minimum Gasteiger partial charge on any atom is -0.320 e. The summed E-state index contributed by atoms with van der Waals surface area (Å²) in [5, 5.41) is 6.23. The molecule has 8 heteroatoms. The molecule has 0 fully saturated rings. The van der Waals surface area contributed by atoms with Crippen LogP contribution >= 0.6 is 15.9 Å². The SMILES string of the molecule is Cc1ccc(NC(=O)C(=O)Nn2c(C(=O)Nc3c(C)cccc3C)cc3cc(Br)ccc32)cc1. The van der Waals surface area contributed by atoms with E-state index in [-0.39, 0.29) is 5.69 Å². The molecule has 1 heterocycles. The Morgan fingerprint density at radius 1 is 0.794 bits per heavy atom. The van der Waals surface area contributed by atoms with Crippen molar-refractivity contribution in [1.82, 2.24) is 4.68 Å². The normalized spacial score (nSPS) is 10.7. The number of rotatable bonds is 4. The van der Waals surface area contributed by atoms with E-state index in [0.29, 0.717) is 16.9 Å². The quantitative estimate of drug-likeness (QED) is 0.320. The van der Waals surface area contributed by atoms with Gasteiger partial charge in [-0.15, -0.1) is 0 Å². The Kier molecular flexibility index (Phi) is 6.51. The number of anilines is 2. The Balaban J connectivity index is 1.65. The number of hydrogen-bond acceptors (Lipinski definition) is 3. The van der Waals surface area contributed by atoms with Crippen LogP contribution in [0.4, 0.5) is 11.4 Å². The molecule has 7 nitrogen and oxygen atoms in total. The maximum atomic E-state index is 13.3. The monoisotopic (exact) mass is 518 g/mol. The van der Waals surface area contributed by atoms with Gasteiger partial charge in [0.15, 0.2) is 0 Å². The van der Waals surface area contributed by atoms with E-state index in [1.54, 1.807) is 30.3 Å². The smallest absolute Gasteiger partial charge is 0.320 e. The fourth-order valence-electron chi connectivity index (χ4n) is 3.64. The summed E-state index contributed by atoms with van der Waals surface area (Å²) in [5.41, 5.74) is 7.40. The van der Waals surface area contributed by atoms with Crippen molar-refractivity contribution in [2.75, 3.05) is 16.1 Å². The Morgan fingerprint density at radius 2 is 1.47 bits per heavy atom. The molecular formula is C26H23BrN4O3. The van der Waals surface area contributed by atoms with Crippen LogP contribution in [0.3, 0.4) is 0 Å². The molecule has 0 aliphatic rings. The predicted octanol–water partition coefficient (Wildman–Crippen LogP) is 5.29. The zero-order chi connectivity index (χ0) is 24.4. The van der Waals surface area contributed by atoms with E-state index in [2.05, 4.69) is 32.0 Å². The lowest BCUT2D eigenvalue weighted by Gasteiger charge is -2.14. The first-order chi connectivity index (χ1) is 16.2. The molecule has 0 aliphatic heterocycles. The fourth-order valence-corrected chi connectivity index (χ4v) is 4.02. The maximum absolute atomic E-state index is 13.3. The van der Waals surface area contributed by atoms with Crippen molar-refractivity contribution in [1.29, 1.82) is 0 Å². The summed E-state index contributed by atoms with van der Waals surface area (Å²) in [4.78, 5) is 38.6. The van der Waals surface area contributed by atoms with Crippen LogP contribution in [0.5, 0.6) is 0 Å². The van der Waals surface area contributed by atoms with Crippen molar-refractivity contribution in [2.45, 2.75) is 20.8 Å². The van der Waals surface area contributed by atoms with E-state index >= 15 is 0 Å². The van der Waals surface area contributed by atoms with Gasteiger partial charge >= 0.3 is 11.8 Å². The molecule has 0 unspecified atom stereocenters. The average Bonchev–Trinajstić information content (AvgIpc) is 3.15. The zero-order valence-corrected chi connectivity index (χ0v) is 20.5. The molecule has 3 amide bonds. The summed E-state index contributed by atoms with van der Waals surface area (Å²) in [5.74, 6) is -2.16. The molecule has 3 aromatic carbocycles. The van der Waals surface area contributed by atoms with Crippen molar-refractivity contribution >= 4 is 55.9 Å². The molecule has 4 rings (SSSR count). The van der Waals surface area contributed by atoms with Gasteiger partial charge in [-0.05, 0) is 68.3 Å². The van der Waals surface area contributed by atoms with Crippen LogP contribution in [0, 0.1) is 20.8 Å². The molecule has 0 aliphatic carbocycles. The minimum atomic E-state index is -0.901. The van der Waals surface area contributed by atoms with Crippen LogP contribution in [-0.2, 0) is 9.59 Å². The van der Waals surface area contributed by atoms with Crippen molar-refractivity contribution in [2.24, 2.45) is 0 Å². The van der Waals surface area contributed by atoms with Gasteiger partial charge in [-0.1, -0.05) is 51.8 Å². The molecule has 0 saturated heterocycles. The second kappa shape index (κ2) is 9.52. The van der Waals surface area contributed by atoms with Crippen LogP contribution in [0.2, 0.25) is 0 Å². The van der Waals surface area contributed by atoms with E-state index in [0.717, 1.165) is 26.5 Å². The Morgan fingerprint density at radius 3 is 2.15 bits per heavy atom. The third-order valence-electron chi connectivity index (χ3n) is 5.44. The molecule has 1 aromatic heterocycles. The molecule has 4 aromatic rings. The topological polar surface area (TPSA) is 92.2 Å². The lowest BCUT2D eigenvalue weighted by atomic mass is 10.1. The summed E-state index contributed by atoms with van der Waals surface area (Å²) in [6.45, 7) is 5.75. The van der Waals surface area contributed by atoms with E-state index in [1.807, 2.05) is 57.2 Å². The molecule has 0 atom stereocenters. The van der Waals surface area contributed by atoms with Gasteiger partial charge in [0, 0.05) is 21.2 Å². The minimum absolute atomic E-state index is 0.187. The number of para-hydroxylation sites is 1. The highest BCUT2D eigenvalue weighted by Crippen LogP contribution is 2.25. The van der Waals surface area contributed by atoms with E-state index in [4.69, 9.17) is 0 Å². The molecule has 34 heavy (non-hydrogen) atoms.